The number of fused-ring (bicyclic) bond motifs is 3. The van der Waals surface area contributed by atoms with E-state index in [1.165, 1.54) is 29.7 Å². The minimum absolute atomic E-state index is 0.00332. The zero-order valence-corrected chi connectivity index (χ0v) is 11.2. The normalized spacial score (nSPS) is 11.1. The molecule has 0 aliphatic heterocycles. The van der Waals surface area contributed by atoms with Gasteiger partial charge >= 0.3 is 5.97 Å². The lowest BCUT2D eigenvalue weighted by Gasteiger charge is -1.96. The minimum Gasteiger partial charge on any atom is -0.461 e. The molecule has 2 aromatic heterocycles. The molecule has 20 heavy (non-hydrogen) atoms. The summed E-state index contributed by atoms with van der Waals surface area (Å²) < 4.78 is 7.42. The third kappa shape index (κ3) is 1.90. The summed E-state index contributed by atoms with van der Waals surface area (Å²) in [6.45, 7) is 1.99. The van der Waals surface area contributed by atoms with Crippen LogP contribution in [-0.4, -0.2) is 26.9 Å². The zero-order valence-electron chi connectivity index (χ0n) is 10.4. The van der Waals surface area contributed by atoms with Crippen molar-refractivity contribution in [3.8, 4) is 0 Å². The van der Waals surface area contributed by atoms with E-state index in [9.17, 15) is 14.9 Å². The van der Waals surface area contributed by atoms with Gasteiger partial charge in [-0.3, -0.25) is 14.5 Å². The third-order valence-corrected chi connectivity index (χ3v) is 3.81. The number of carbonyl (C=O) groups excluding carboxylic acids is 1. The molecule has 0 saturated heterocycles. The van der Waals surface area contributed by atoms with Gasteiger partial charge in [0.2, 0.25) is 0 Å². The van der Waals surface area contributed by atoms with Crippen LogP contribution < -0.4 is 0 Å². The van der Waals surface area contributed by atoms with Gasteiger partial charge in [0.15, 0.2) is 10.7 Å². The van der Waals surface area contributed by atoms with Crippen LogP contribution in [0.3, 0.4) is 0 Å². The van der Waals surface area contributed by atoms with Gasteiger partial charge in [-0.25, -0.2) is 9.78 Å². The lowest BCUT2D eigenvalue weighted by molar-refractivity contribution is -0.384. The van der Waals surface area contributed by atoms with E-state index in [2.05, 4.69) is 4.98 Å². The number of hydrogen-bond donors (Lipinski definition) is 0. The number of esters is 1. The predicted molar refractivity (Wildman–Crippen MR) is 73.2 cm³/mol. The highest BCUT2D eigenvalue weighted by molar-refractivity contribution is 7.23. The molecule has 8 heteroatoms. The maximum atomic E-state index is 11.6. The van der Waals surface area contributed by atoms with E-state index in [1.807, 2.05) is 0 Å². The minimum atomic E-state index is -0.498. The first-order valence-electron chi connectivity index (χ1n) is 5.83. The molecular formula is C12H9N3O4S. The Balaban J connectivity index is 2.17. The van der Waals surface area contributed by atoms with E-state index in [4.69, 9.17) is 4.74 Å². The summed E-state index contributed by atoms with van der Waals surface area (Å²) in [6.07, 6.45) is 1.54. The summed E-state index contributed by atoms with van der Waals surface area (Å²) in [7, 11) is 0. The summed E-state index contributed by atoms with van der Waals surface area (Å²) >= 11 is 1.36. The molecule has 0 N–H and O–H groups in total. The lowest BCUT2D eigenvalue weighted by Crippen LogP contribution is -2.04. The molecule has 0 amide bonds. The molecule has 3 rings (SSSR count). The van der Waals surface area contributed by atoms with Gasteiger partial charge in [0, 0.05) is 18.3 Å². The number of nitrogens with zero attached hydrogens (tertiary/aromatic N) is 3. The summed E-state index contributed by atoms with van der Waals surface area (Å²) in [6, 6.07) is 4.59. The molecule has 0 aliphatic rings. The number of imidazole rings is 1. The summed E-state index contributed by atoms with van der Waals surface area (Å²) in [4.78, 5) is 26.8. The Labute approximate surface area is 116 Å². The average molecular weight is 291 g/mol. The molecule has 2 heterocycles. The van der Waals surface area contributed by atoms with Crippen molar-refractivity contribution in [2.45, 2.75) is 6.92 Å². The highest BCUT2D eigenvalue weighted by atomic mass is 32.1. The van der Waals surface area contributed by atoms with Crippen LogP contribution in [0.5, 0.6) is 0 Å². The molecule has 0 saturated carbocycles. The number of benzene rings is 1. The molecule has 0 unspecified atom stereocenters. The van der Waals surface area contributed by atoms with Gasteiger partial charge in [0.25, 0.3) is 5.69 Å². The first-order valence-corrected chi connectivity index (χ1v) is 6.65. The van der Waals surface area contributed by atoms with E-state index in [-0.39, 0.29) is 18.0 Å². The number of aromatic nitrogens is 2. The van der Waals surface area contributed by atoms with Crippen molar-refractivity contribution >= 4 is 38.2 Å². The Morgan fingerprint density at radius 3 is 3.05 bits per heavy atom. The zero-order chi connectivity index (χ0) is 14.3. The maximum Gasteiger partial charge on any atom is 0.358 e. The van der Waals surface area contributed by atoms with Crippen molar-refractivity contribution in [1.29, 1.82) is 0 Å². The summed E-state index contributed by atoms with van der Waals surface area (Å²) in [5, 5.41) is 10.8. The fourth-order valence-corrected chi connectivity index (χ4v) is 2.89. The van der Waals surface area contributed by atoms with Crippen molar-refractivity contribution in [1.82, 2.24) is 9.38 Å². The Kier molecular flexibility index (Phi) is 2.87. The number of hydrogen-bond acceptors (Lipinski definition) is 6. The second-order valence-electron chi connectivity index (χ2n) is 4.01. The van der Waals surface area contributed by atoms with Crippen molar-refractivity contribution < 1.29 is 14.5 Å². The van der Waals surface area contributed by atoms with Crippen LogP contribution >= 0.6 is 11.3 Å². The Morgan fingerprint density at radius 1 is 1.55 bits per heavy atom. The second kappa shape index (κ2) is 4.57. The fourth-order valence-electron chi connectivity index (χ4n) is 1.90. The Bertz CT molecular complexity index is 836. The SMILES string of the molecule is CCOC(=O)c1cn2c(n1)sc1ccc([N+](=O)[O-])cc12. The van der Waals surface area contributed by atoms with E-state index >= 15 is 0 Å². The summed E-state index contributed by atoms with van der Waals surface area (Å²) in [5.41, 5.74) is 0.859. The quantitative estimate of drug-likeness (QED) is 0.420. The van der Waals surface area contributed by atoms with Gasteiger partial charge in [0.05, 0.1) is 21.7 Å². The van der Waals surface area contributed by atoms with Gasteiger partial charge in [-0.1, -0.05) is 11.3 Å². The predicted octanol–water partition coefficient (Wildman–Crippen LogP) is 2.63. The van der Waals surface area contributed by atoms with Crippen molar-refractivity contribution in [2.75, 3.05) is 6.61 Å². The van der Waals surface area contributed by atoms with Gasteiger partial charge in [0.1, 0.15) is 0 Å². The molecule has 3 aromatic rings. The molecular weight excluding hydrogens is 282 g/mol. The lowest BCUT2D eigenvalue weighted by atomic mass is 10.3. The first-order chi connectivity index (χ1) is 9.60. The number of carbonyl (C=O) groups is 1. The molecule has 0 aliphatic carbocycles. The highest BCUT2D eigenvalue weighted by Gasteiger charge is 2.16. The number of rotatable bonds is 3. The number of ether oxygens (including phenoxy) is 1. The van der Waals surface area contributed by atoms with E-state index < -0.39 is 10.9 Å². The van der Waals surface area contributed by atoms with Crippen LogP contribution in [0.4, 0.5) is 5.69 Å². The van der Waals surface area contributed by atoms with Crippen LogP contribution in [0.25, 0.3) is 15.2 Å². The maximum absolute atomic E-state index is 11.6. The van der Waals surface area contributed by atoms with E-state index in [0.717, 1.165) is 4.70 Å². The molecule has 102 valence electrons. The van der Waals surface area contributed by atoms with Crippen LogP contribution in [0.2, 0.25) is 0 Å². The van der Waals surface area contributed by atoms with E-state index in [1.54, 1.807) is 17.4 Å². The van der Waals surface area contributed by atoms with Gasteiger partial charge in [-0.2, -0.15) is 0 Å². The van der Waals surface area contributed by atoms with Gasteiger partial charge < -0.3 is 4.74 Å². The third-order valence-electron chi connectivity index (χ3n) is 2.77. The van der Waals surface area contributed by atoms with Crippen LogP contribution in [0.1, 0.15) is 17.4 Å². The smallest absolute Gasteiger partial charge is 0.358 e. The largest absolute Gasteiger partial charge is 0.461 e. The summed E-state index contributed by atoms with van der Waals surface area (Å²) in [5.74, 6) is -0.498. The average Bonchev–Trinajstić information content (AvgIpc) is 2.95. The standard InChI is InChI=1S/C12H9N3O4S/c1-2-19-11(16)8-6-14-9-5-7(15(17)18)3-4-10(9)20-12(14)13-8/h3-6H,2H2,1H3. The fraction of sp³-hybridized carbons (Fsp3) is 0.167. The van der Waals surface area contributed by atoms with Crippen LogP contribution in [0, 0.1) is 10.1 Å². The van der Waals surface area contributed by atoms with Crippen molar-refractivity contribution in [3.05, 3.63) is 40.2 Å². The monoisotopic (exact) mass is 291 g/mol. The molecule has 0 bridgehead atoms. The van der Waals surface area contributed by atoms with E-state index in [0.29, 0.717) is 10.5 Å². The van der Waals surface area contributed by atoms with Gasteiger partial charge in [-0.05, 0) is 13.0 Å². The highest BCUT2D eigenvalue weighted by Crippen LogP contribution is 2.29. The second-order valence-corrected chi connectivity index (χ2v) is 5.02. The van der Waals surface area contributed by atoms with Crippen molar-refractivity contribution in [2.24, 2.45) is 0 Å². The molecule has 0 spiro atoms. The Hall–Kier alpha value is -2.48. The van der Waals surface area contributed by atoms with Crippen molar-refractivity contribution in [3.63, 3.8) is 0 Å². The number of nitro benzene ring substituents is 1. The molecule has 0 radical (unpaired) electrons. The Morgan fingerprint density at radius 2 is 2.35 bits per heavy atom. The van der Waals surface area contributed by atoms with Crippen LogP contribution in [0.15, 0.2) is 24.4 Å². The van der Waals surface area contributed by atoms with Crippen LogP contribution in [-0.2, 0) is 4.74 Å². The molecule has 0 atom stereocenters. The van der Waals surface area contributed by atoms with Gasteiger partial charge in [-0.15, -0.1) is 0 Å². The first kappa shape index (κ1) is 12.5. The molecule has 1 aromatic carbocycles. The molecule has 7 nitrogen and oxygen atoms in total. The number of non-ortho nitro benzene ring substituents is 1. The number of nitro groups is 1. The topological polar surface area (TPSA) is 86.7 Å². The molecule has 0 fully saturated rings. The number of thiazole rings is 1.